The standard InChI is InChI=1S/C13H28N2S/c1-5-12-10-15(8-9-16-4)13(6-2,7-3)11-14-12/h12,14H,5-11H2,1-4H3. The van der Waals surface area contributed by atoms with Gasteiger partial charge >= 0.3 is 0 Å². The van der Waals surface area contributed by atoms with Crippen molar-refractivity contribution in [1.82, 2.24) is 10.2 Å². The van der Waals surface area contributed by atoms with Gasteiger partial charge in [0.1, 0.15) is 0 Å². The van der Waals surface area contributed by atoms with Gasteiger partial charge in [-0.3, -0.25) is 4.90 Å². The fourth-order valence-electron chi connectivity index (χ4n) is 2.72. The van der Waals surface area contributed by atoms with Gasteiger partial charge in [0, 0.05) is 37.0 Å². The van der Waals surface area contributed by atoms with Crippen molar-refractivity contribution in [1.29, 1.82) is 0 Å². The van der Waals surface area contributed by atoms with Crippen molar-refractivity contribution in [2.24, 2.45) is 0 Å². The molecule has 0 bridgehead atoms. The van der Waals surface area contributed by atoms with Crippen LogP contribution in [0.3, 0.4) is 0 Å². The lowest BCUT2D eigenvalue weighted by atomic mass is 9.87. The molecule has 16 heavy (non-hydrogen) atoms. The van der Waals surface area contributed by atoms with E-state index in [0.29, 0.717) is 11.6 Å². The van der Waals surface area contributed by atoms with Crippen LogP contribution in [0.25, 0.3) is 0 Å². The summed E-state index contributed by atoms with van der Waals surface area (Å²) in [6.07, 6.45) is 5.99. The van der Waals surface area contributed by atoms with Crippen molar-refractivity contribution in [3.63, 3.8) is 0 Å². The fraction of sp³-hybridized carbons (Fsp3) is 1.00. The Kier molecular flexibility index (Phi) is 6.16. The molecule has 0 aromatic heterocycles. The zero-order valence-corrected chi connectivity index (χ0v) is 12.2. The van der Waals surface area contributed by atoms with Crippen LogP contribution in [-0.4, -0.2) is 48.1 Å². The van der Waals surface area contributed by atoms with E-state index < -0.39 is 0 Å². The molecule has 1 aliphatic rings. The quantitative estimate of drug-likeness (QED) is 0.773. The fourth-order valence-corrected chi connectivity index (χ4v) is 3.12. The molecule has 0 aromatic rings. The highest BCUT2D eigenvalue weighted by Gasteiger charge is 2.37. The van der Waals surface area contributed by atoms with Crippen molar-refractivity contribution >= 4 is 11.8 Å². The molecule has 0 aliphatic carbocycles. The van der Waals surface area contributed by atoms with E-state index in [4.69, 9.17) is 0 Å². The number of hydrogen-bond acceptors (Lipinski definition) is 3. The molecule has 0 radical (unpaired) electrons. The Morgan fingerprint density at radius 3 is 2.50 bits per heavy atom. The van der Waals surface area contributed by atoms with Gasteiger partial charge in [-0.2, -0.15) is 11.8 Å². The second-order valence-electron chi connectivity index (χ2n) is 4.86. The molecule has 1 fully saturated rings. The predicted molar refractivity (Wildman–Crippen MR) is 75.3 cm³/mol. The lowest BCUT2D eigenvalue weighted by molar-refractivity contribution is 0.0368. The minimum atomic E-state index is 0.418. The molecule has 3 heteroatoms. The van der Waals surface area contributed by atoms with Gasteiger partial charge < -0.3 is 5.32 Å². The maximum Gasteiger partial charge on any atom is 0.0329 e. The van der Waals surface area contributed by atoms with Crippen LogP contribution < -0.4 is 5.32 Å². The van der Waals surface area contributed by atoms with Crippen molar-refractivity contribution in [2.45, 2.75) is 51.6 Å². The van der Waals surface area contributed by atoms with Gasteiger partial charge in [0.15, 0.2) is 0 Å². The first-order valence-corrected chi connectivity index (χ1v) is 8.09. The molecule has 0 aromatic carbocycles. The second-order valence-corrected chi connectivity index (χ2v) is 5.84. The van der Waals surface area contributed by atoms with E-state index in [0.717, 1.165) is 0 Å². The summed E-state index contributed by atoms with van der Waals surface area (Å²) in [7, 11) is 0. The Morgan fingerprint density at radius 1 is 1.31 bits per heavy atom. The van der Waals surface area contributed by atoms with E-state index in [1.54, 1.807) is 0 Å². The van der Waals surface area contributed by atoms with Crippen LogP contribution in [-0.2, 0) is 0 Å². The zero-order valence-electron chi connectivity index (χ0n) is 11.4. The van der Waals surface area contributed by atoms with Gasteiger partial charge in [-0.25, -0.2) is 0 Å². The molecule has 0 spiro atoms. The Hall–Kier alpha value is 0.270. The summed E-state index contributed by atoms with van der Waals surface area (Å²) in [4.78, 5) is 2.74. The molecule has 1 atom stereocenters. The summed E-state index contributed by atoms with van der Waals surface area (Å²) in [5.41, 5.74) is 0.418. The van der Waals surface area contributed by atoms with E-state index in [9.17, 15) is 0 Å². The average Bonchev–Trinajstić information content (AvgIpc) is 2.36. The first kappa shape index (κ1) is 14.3. The number of piperazine rings is 1. The third kappa shape index (κ3) is 3.14. The number of nitrogens with one attached hydrogen (secondary N) is 1. The van der Waals surface area contributed by atoms with Gasteiger partial charge in [0.25, 0.3) is 0 Å². The first-order chi connectivity index (χ1) is 7.72. The van der Waals surface area contributed by atoms with Crippen LogP contribution in [0.5, 0.6) is 0 Å². The molecule has 96 valence electrons. The molecule has 1 unspecified atom stereocenters. The van der Waals surface area contributed by atoms with E-state index in [-0.39, 0.29) is 0 Å². The maximum atomic E-state index is 3.72. The number of thioether (sulfide) groups is 1. The smallest absolute Gasteiger partial charge is 0.0329 e. The maximum absolute atomic E-state index is 3.72. The van der Waals surface area contributed by atoms with Crippen molar-refractivity contribution < 1.29 is 0 Å². The van der Waals surface area contributed by atoms with Crippen molar-refractivity contribution in [3.8, 4) is 0 Å². The molecule has 1 rings (SSSR count). The Morgan fingerprint density at radius 2 is 2.00 bits per heavy atom. The topological polar surface area (TPSA) is 15.3 Å². The third-order valence-electron chi connectivity index (χ3n) is 4.21. The molecule has 1 saturated heterocycles. The Balaban J connectivity index is 2.66. The first-order valence-electron chi connectivity index (χ1n) is 6.69. The second kappa shape index (κ2) is 6.87. The average molecular weight is 244 g/mol. The van der Waals surface area contributed by atoms with Crippen LogP contribution in [0.1, 0.15) is 40.0 Å². The van der Waals surface area contributed by atoms with E-state index in [1.807, 2.05) is 11.8 Å². The minimum absolute atomic E-state index is 0.418. The highest BCUT2D eigenvalue weighted by Crippen LogP contribution is 2.27. The SMILES string of the molecule is CCC1CN(CCSC)C(CC)(CC)CN1. The number of rotatable bonds is 6. The zero-order chi connectivity index (χ0) is 12.0. The van der Waals surface area contributed by atoms with Gasteiger partial charge in [-0.05, 0) is 25.5 Å². The highest BCUT2D eigenvalue weighted by molar-refractivity contribution is 7.98. The van der Waals surface area contributed by atoms with E-state index in [2.05, 4.69) is 37.2 Å². The number of hydrogen-bond donors (Lipinski definition) is 1. The molecular weight excluding hydrogens is 216 g/mol. The summed E-state index contributed by atoms with van der Waals surface area (Å²) in [5.74, 6) is 1.26. The molecule has 0 saturated carbocycles. The van der Waals surface area contributed by atoms with E-state index in [1.165, 1.54) is 44.6 Å². The lowest BCUT2D eigenvalue weighted by Gasteiger charge is -2.49. The third-order valence-corrected chi connectivity index (χ3v) is 4.80. The Labute approximate surface area is 106 Å². The van der Waals surface area contributed by atoms with Crippen LogP contribution in [0, 0.1) is 0 Å². The lowest BCUT2D eigenvalue weighted by Crippen LogP contribution is -2.64. The molecule has 1 heterocycles. The van der Waals surface area contributed by atoms with Gasteiger partial charge in [0.05, 0.1) is 0 Å². The van der Waals surface area contributed by atoms with Crippen LogP contribution >= 0.6 is 11.8 Å². The summed E-state index contributed by atoms with van der Waals surface area (Å²) in [6.45, 7) is 10.6. The van der Waals surface area contributed by atoms with Crippen LogP contribution in [0.4, 0.5) is 0 Å². The van der Waals surface area contributed by atoms with Gasteiger partial charge in [-0.1, -0.05) is 20.8 Å². The van der Waals surface area contributed by atoms with E-state index >= 15 is 0 Å². The van der Waals surface area contributed by atoms with Crippen LogP contribution in [0.2, 0.25) is 0 Å². The van der Waals surface area contributed by atoms with Gasteiger partial charge in [0.2, 0.25) is 0 Å². The molecule has 2 nitrogen and oxygen atoms in total. The molecule has 0 amide bonds. The monoisotopic (exact) mass is 244 g/mol. The van der Waals surface area contributed by atoms with Crippen molar-refractivity contribution in [2.75, 3.05) is 31.6 Å². The molecular formula is C13H28N2S. The Bertz CT molecular complexity index is 192. The predicted octanol–water partition coefficient (Wildman–Crippen LogP) is 2.59. The summed E-state index contributed by atoms with van der Waals surface area (Å²) < 4.78 is 0. The number of nitrogens with zero attached hydrogens (tertiary/aromatic N) is 1. The summed E-state index contributed by atoms with van der Waals surface area (Å²) in [5, 5.41) is 3.72. The largest absolute Gasteiger partial charge is 0.311 e. The van der Waals surface area contributed by atoms with Crippen LogP contribution in [0.15, 0.2) is 0 Å². The minimum Gasteiger partial charge on any atom is -0.311 e. The highest BCUT2D eigenvalue weighted by atomic mass is 32.2. The molecule has 1 N–H and O–H groups in total. The summed E-state index contributed by atoms with van der Waals surface area (Å²) >= 11 is 1.96. The summed E-state index contributed by atoms with van der Waals surface area (Å²) in [6, 6.07) is 0.702. The van der Waals surface area contributed by atoms with Gasteiger partial charge in [-0.15, -0.1) is 0 Å². The molecule has 1 aliphatic heterocycles. The van der Waals surface area contributed by atoms with Crippen molar-refractivity contribution in [3.05, 3.63) is 0 Å². The normalized spacial score (nSPS) is 25.9.